The van der Waals surface area contributed by atoms with E-state index in [0.717, 1.165) is 22.3 Å². The highest BCUT2D eigenvalue weighted by atomic mass is 16.9. The lowest BCUT2D eigenvalue weighted by molar-refractivity contribution is -0.235. The van der Waals surface area contributed by atoms with Gasteiger partial charge < -0.3 is 24.5 Å². The summed E-state index contributed by atoms with van der Waals surface area (Å²) >= 11 is 0. The molecule has 0 amide bonds. The standard InChI is InChI=1S/C14H20N4O3/c1-4-19-14-20-6-10(21-14)5-18-9(3)8(2)11-12(15)16-7-17-13(11)18/h7,10,14H,4-6H2,1-3H3,(H2,15,16,17). The predicted molar refractivity (Wildman–Crippen MR) is 77.7 cm³/mol. The van der Waals surface area contributed by atoms with Crippen molar-refractivity contribution in [3.63, 3.8) is 0 Å². The summed E-state index contributed by atoms with van der Waals surface area (Å²) < 4.78 is 18.6. The normalized spacial score (nSPS) is 22.2. The molecule has 0 spiro atoms. The number of anilines is 1. The average Bonchev–Trinajstić information content (AvgIpc) is 2.99. The zero-order valence-corrected chi connectivity index (χ0v) is 12.5. The Morgan fingerprint density at radius 2 is 2.24 bits per heavy atom. The lowest BCUT2D eigenvalue weighted by atomic mass is 10.2. The Morgan fingerprint density at radius 3 is 3.00 bits per heavy atom. The number of ether oxygens (including phenoxy) is 3. The summed E-state index contributed by atoms with van der Waals surface area (Å²) in [5.41, 5.74) is 9.01. The minimum absolute atomic E-state index is 0.0635. The maximum Gasteiger partial charge on any atom is 0.272 e. The van der Waals surface area contributed by atoms with Crippen molar-refractivity contribution in [3.05, 3.63) is 17.6 Å². The van der Waals surface area contributed by atoms with Crippen molar-refractivity contribution in [1.82, 2.24) is 14.5 Å². The fourth-order valence-electron chi connectivity index (χ4n) is 2.66. The summed E-state index contributed by atoms with van der Waals surface area (Å²) in [5, 5.41) is 0.912. The van der Waals surface area contributed by atoms with Crippen LogP contribution in [0.25, 0.3) is 11.0 Å². The van der Waals surface area contributed by atoms with Gasteiger partial charge in [-0.25, -0.2) is 9.97 Å². The van der Waals surface area contributed by atoms with Crippen molar-refractivity contribution >= 4 is 16.9 Å². The molecule has 1 saturated heterocycles. The summed E-state index contributed by atoms with van der Waals surface area (Å²) in [7, 11) is 0. The van der Waals surface area contributed by atoms with Gasteiger partial charge in [0.15, 0.2) is 0 Å². The smallest absolute Gasteiger partial charge is 0.272 e. The van der Waals surface area contributed by atoms with Crippen LogP contribution in [0.2, 0.25) is 0 Å². The molecular weight excluding hydrogens is 272 g/mol. The van der Waals surface area contributed by atoms with E-state index in [2.05, 4.69) is 14.5 Å². The molecule has 0 radical (unpaired) electrons. The molecule has 0 aromatic carbocycles. The summed E-state index contributed by atoms with van der Waals surface area (Å²) in [5.74, 6) is 0.509. The Hall–Kier alpha value is -1.70. The van der Waals surface area contributed by atoms with E-state index in [1.54, 1.807) is 0 Å². The van der Waals surface area contributed by atoms with Crippen molar-refractivity contribution in [1.29, 1.82) is 0 Å². The quantitative estimate of drug-likeness (QED) is 0.916. The molecule has 7 heteroatoms. The van der Waals surface area contributed by atoms with Crippen LogP contribution in [-0.2, 0) is 20.8 Å². The molecule has 2 N–H and O–H groups in total. The number of hydrogen-bond acceptors (Lipinski definition) is 6. The van der Waals surface area contributed by atoms with Crippen molar-refractivity contribution < 1.29 is 14.2 Å². The third-order valence-corrected chi connectivity index (χ3v) is 3.85. The van der Waals surface area contributed by atoms with Gasteiger partial charge in [-0.1, -0.05) is 0 Å². The molecule has 2 aromatic rings. The van der Waals surface area contributed by atoms with E-state index in [1.807, 2.05) is 20.8 Å². The average molecular weight is 292 g/mol. The molecule has 3 rings (SSSR count). The minimum atomic E-state index is -0.567. The van der Waals surface area contributed by atoms with Gasteiger partial charge in [-0.05, 0) is 26.3 Å². The van der Waals surface area contributed by atoms with Crippen molar-refractivity contribution in [2.45, 2.75) is 39.9 Å². The molecule has 0 bridgehead atoms. The number of nitrogen functional groups attached to an aromatic ring is 1. The SMILES string of the molecule is CCOC1OCC(Cn2c(C)c(C)c3c(N)ncnc32)O1. The largest absolute Gasteiger partial charge is 0.383 e. The number of aryl methyl sites for hydroxylation is 1. The molecule has 21 heavy (non-hydrogen) atoms. The van der Waals surface area contributed by atoms with Crippen LogP contribution in [0.15, 0.2) is 6.33 Å². The van der Waals surface area contributed by atoms with E-state index in [9.17, 15) is 0 Å². The molecule has 2 unspecified atom stereocenters. The molecular formula is C14H20N4O3. The molecule has 0 aliphatic carbocycles. The minimum Gasteiger partial charge on any atom is -0.383 e. The van der Waals surface area contributed by atoms with Crippen molar-refractivity contribution in [2.24, 2.45) is 0 Å². The molecule has 1 fully saturated rings. The summed E-state index contributed by atoms with van der Waals surface area (Å²) in [6.45, 7) is 7.13. The van der Waals surface area contributed by atoms with Crippen LogP contribution in [0.4, 0.5) is 5.82 Å². The number of rotatable bonds is 4. The molecule has 2 aromatic heterocycles. The number of fused-ring (bicyclic) bond motifs is 1. The molecule has 2 atom stereocenters. The lowest BCUT2D eigenvalue weighted by Gasteiger charge is -2.13. The third kappa shape index (κ3) is 2.48. The highest BCUT2D eigenvalue weighted by Crippen LogP contribution is 2.28. The summed E-state index contributed by atoms with van der Waals surface area (Å²) in [6.07, 6.45) is 1.42. The molecule has 1 aliphatic heterocycles. The van der Waals surface area contributed by atoms with Gasteiger partial charge in [0.05, 0.1) is 18.5 Å². The topological polar surface area (TPSA) is 84.4 Å². The van der Waals surface area contributed by atoms with Gasteiger partial charge in [0.25, 0.3) is 6.48 Å². The third-order valence-electron chi connectivity index (χ3n) is 3.85. The first-order valence-corrected chi connectivity index (χ1v) is 7.06. The van der Waals surface area contributed by atoms with Gasteiger partial charge in [-0.15, -0.1) is 0 Å². The van der Waals surface area contributed by atoms with Gasteiger partial charge in [-0.2, -0.15) is 0 Å². The highest BCUT2D eigenvalue weighted by Gasteiger charge is 2.28. The maximum atomic E-state index is 5.97. The van der Waals surface area contributed by atoms with Crippen molar-refractivity contribution in [3.8, 4) is 0 Å². The second-order valence-electron chi connectivity index (χ2n) is 5.11. The Balaban J connectivity index is 1.88. The van der Waals surface area contributed by atoms with E-state index in [0.29, 0.717) is 25.6 Å². The van der Waals surface area contributed by atoms with E-state index in [4.69, 9.17) is 19.9 Å². The summed E-state index contributed by atoms with van der Waals surface area (Å²) in [6, 6.07) is 0. The first-order chi connectivity index (χ1) is 10.1. The number of aromatic nitrogens is 3. The van der Waals surface area contributed by atoms with E-state index in [1.165, 1.54) is 6.33 Å². The Morgan fingerprint density at radius 1 is 1.43 bits per heavy atom. The van der Waals surface area contributed by atoms with Crippen LogP contribution in [0, 0.1) is 13.8 Å². The second-order valence-corrected chi connectivity index (χ2v) is 5.11. The van der Waals surface area contributed by atoms with E-state index < -0.39 is 6.48 Å². The van der Waals surface area contributed by atoms with Crippen LogP contribution in [0.5, 0.6) is 0 Å². The monoisotopic (exact) mass is 292 g/mol. The Kier molecular flexibility index (Phi) is 3.79. The fourth-order valence-corrected chi connectivity index (χ4v) is 2.66. The lowest BCUT2D eigenvalue weighted by Crippen LogP contribution is -2.21. The van der Waals surface area contributed by atoms with E-state index >= 15 is 0 Å². The maximum absolute atomic E-state index is 5.97. The molecule has 3 heterocycles. The predicted octanol–water partition coefficient (Wildman–Crippen LogP) is 1.37. The zero-order chi connectivity index (χ0) is 15.0. The Labute approximate surface area is 123 Å². The van der Waals surface area contributed by atoms with Gasteiger partial charge >= 0.3 is 0 Å². The fraction of sp³-hybridized carbons (Fsp3) is 0.571. The molecule has 7 nitrogen and oxygen atoms in total. The van der Waals surface area contributed by atoms with Crippen LogP contribution in [0.3, 0.4) is 0 Å². The van der Waals surface area contributed by atoms with Gasteiger partial charge in [0, 0.05) is 12.3 Å². The molecule has 114 valence electrons. The van der Waals surface area contributed by atoms with Crippen LogP contribution in [0.1, 0.15) is 18.2 Å². The number of hydrogen-bond donors (Lipinski definition) is 1. The van der Waals surface area contributed by atoms with Crippen LogP contribution in [-0.4, -0.2) is 40.3 Å². The van der Waals surface area contributed by atoms with Gasteiger partial charge in [0.2, 0.25) is 0 Å². The Bertz CT molecular complexity index is 655. The van der Waals surface area contributed by atoms with E-state index in [-0.39, 0.29) is 6.10 Å². The first-order valence-electron chi connectivity index (χ1n) is 7.06. The first kappa shape index (κ1) is 14.2. The van der Waals surface area contributed by atoms with Crippen molar-refractivity contribution in [2.75, 3.05) is 18.9 Å². The van der Waals surface area contributed by atoms with Crippen LogP contribution < -0.4 is 5.73 Å². The number of nitrogens with two attached hydrogens (primary N) is 1. The number of nitrogens with zero attached hydrogens (tertiary/aromatic N) is 3. The van der Waals surface area contributed by atoms with Gasteiger partial charge in [-0.3, -0.25) is 0 Å². The zero-order valence-electron chi connectivity index (χ0n) is 12.5. The second kappa shape index (κ2) is 5.59. The highest BCUT2D eigenvalue weighted by molar-refractivity contribution is 5.90. The summed E-state index contributed by atoms with van der Waals surface area (Å²) in [4.78, 5) is 8.43. The molecule has 0 saturated carbocycles. The van der Waals surface area contributed by atoms with Gasteiger partial charge in [0.1, 0.15) is 23.9 Å². The van der Waals surface area contributed by atoms with Crippen LogP contribution >= 0.6 is 0 Å². The molecule has 1 aliphatic rings.